The van der Waals surface area contributed by atoms with Crippen LogP contribution in [0, 0.1) is 5.82 Å². The number of hydrogen-bond donors (Lipinski definition) is 2. The molecule has 1 rings (SSSR count). The number of benzene rings is 1. The molecule has 1 amide bonds. The Morgan fingerprint density at radius 1 is 1.32 bits per heavy atom. The molecule has 0 aromatic heterocycles. The number of carbonyl (C=O) groups excluding carboxylic acids is 1. The van der Waals surface area contributed by atoms with Gasteiger partial charge < -0.3 is 10.4 Å². The number of thioether (sulfide) groups is 1. The Kier molecular flexibility index (Phi) is 7.93. The van der Waals surface area contributed by atoms with Crippen LogP contribution in [0.5, 0.6) is 0 Å². The zero-order chi connectivity index (χ0) is 13.9. The lowest BCUT2D eigenvalue weighted by Crippen LogP contribution is -2.23. The molecule has 104 valence electrons. The van der Waals surface area contributed by atoms with Crippen molar-refractivity contribution < 1.29 is 14.3 Å². The predicted molar refractivity (Wildman–Crippen MR) is 77.5 cm³/mol. The molecule has 0 saturated carbocycles. The minimum atomic E-state index is -0.290. The maximum absolute atomic E-state index is 12.7. The molecule has 0 spiro atoms. The molecule has 0 aliphatic heterocycles. The van der Waals surface area contributed by atoms with E-state index in [0.717, 1.165) is 23.5 Å². The lowest BCUT2D eigenvalue weighted by atomic mass is 10.2. The first kappa shape index (κ1) is 15.7. The minimum absolute atomic E-state index is 0.160. The van der Waals surface area contributed by atoms with Crippen LogP contribution in [0.2, 0.25) is 0 Å². The maximum atomic E-state index is 12.7. The first-order valence-electron chi connectivity index (χ1n) is 6.12. The Labute approximate surface area is 116 Å². The Morgan fingerprint density at radius 3 is 2.74 bits per heavy atom. The number of amides is 1. The molecule has 3 nitrogen and oxygen atoms in total. The SMILES string of the molecule is O=C(/C=C/c1ccc(F)cc1)NCCSCCCO. The van der Waals surface area contributed by atoms with Crippen LogP contribution in [0.3, 0.4) is 0 Å². The highest BCUT2D eigenvalue weighted by Gasteiger charge is 1.95. The van der Waals surface area contributed by atoms with Crippen LogP contribution < -0.4 is 5.32 Å². The Hall–Kier alpha value is -1.33. The van der Waals surface area contributed by atoms with Crippen molar-refractivity contribution in [3.8, 4) is 0 Å². The number of halogens is 1. The lowest BCUT2D eigenvalue weighted by Gasteiger charge is -2.01. The molecule has 5 heteroatoms. The standard InChI is InChI=1S/C14H18FNO2S/c15-13-5-2-12(3-6-13)4-7-14(18)16-8-11-19-10-1-9-17/h2-7,17H,1,8-11H2,(H,16,18)/b7-4+. The number of rotatable bonds is 8. The number of aliphatic hydroxyl groups is 1. The third kappa shape index (κ3) is 7.64. The van der Waals surface area contributed by atoms with Crippen LogP contribution >= 0.6 is 11.8 Å². The summed E-state index contributed by atoms with van der Waals surface area (Å²) in [6.07, 6.45) is 3.86. The van der Waals surface area contributed by atoms with Gasteiger partial charge in [-0.1, -0.05) is 12.1 Å². The average Bonchev–Trinajstić information content (AvgIpc) is 2.42. The fourth-order valence-electron chi connectivity index (χ4n) is 1.32. The Bertz CT molecular complexity index is 406. The lowest BCUT2D eigenvalue weighted by molar-refractivity contribution is -0.116. The van der Waals surface area contributed by atoms with E-state index in [1.165, 1.54) is 18.2 Å². The Morgan fingerprint density at radius 2 is 2.05 bits per heavy atom. The van der Waals surface area contributed by atoms with E-state index in [9.17, 15) is 9.18 Å². The summed E-state index contributed by atoms with van der Waals surface area (Å²) in [5.41, 5.74) is 0.786. The van der Waals surface area contributed by atoms with E-state index < -0.39 is 0 Å². The van der Waals surface area contributed by atoms with Gasteiger partial charge in [-0.15, -0.1) is 0 Å². The van der Waals surface area contributed by atoms with Gasteiger partial charge in [0.25, 0.3) is 0 Å². The molecule has 19 heavy (non-hydrogen) atoms. The van der Waals surface area contributed by atoms with Crippen LogP contribution in [-0.2, 0) is 4.79 Å². The third-order valence-corrected chi connectivity index (χ3v) is 3.36. The molecule has 0 unspecified atom stereocenters. The van der Waals surface area contributed by atoms with Crippen LogP contribution in [-0.4, -0.2) is 35.7 Å². The highest BCUT2D eigenvalue weighted by Crippen LogP contribution is 2.04. The molecule has 0 bridgehead atoms. The van der Waals surface area contributed by atoms with Gasteiger partial charge in [0.1, 0.15) is 5.82 Å². The highest BCUT2D eigenvalue weighted by molar-refractivity contribution is 7.99. The summed E-state index contributed by atoms with van der Waals surface area (Å²) >= 11 is 1.70. The molecule has 1 aromatic carbocycles. The van der Waals surface area contributed by atoms with E-state index in [1.807, 2.05) is 0 Å². The van der Waals surface area contributed by atoms with Crippen LogP contribution in [0.25, 0.3) is 6.08 Å². The van der Waals surface area contributed by atoms with Crippen LogP contribution in [0.15, 0.2) is 30.3 Å². The zero-order valence-electron chi connectivity index (χ0n) is 10.6. The first-order chi connectivity index (χ1) is 9.22. The Balaban J connectivity index is 2.18. The molecular formula is C14H18FNO2S. The molecule has 0 aliphatic rings. The van der Waals surface area contributed by atoms with Crippen molar-refractivity contribution in [2.45, 2.75) is 6.42 Å². The topological polar surface area (TPSA) is 49.3 Å². The smallest absolute Gasteiger partial charge is 0.244 e. The molecular weight excluding hydrogens is 265 g/mol. The van der Waals surface area contributed by atoms with E-state index >= 15 is 0 Å². The average molecular weight is 283 g/mol. The quantitative estimate of drug-likeness (QED) is 0.567. The minimum Gasteiger partial charge on any atom is -0.396 e. The molecule has 0 radical (unpaired) electrons. The van der Waals surface area contributed by atoms with Crippen molar-refractivity contribution in [1.82, 2.24) is 5.32 Å². The summed E-state index contributed by atoms with van der Waals surface area (Å²) in [4.78, 5) is 11.5. The molecule has 0 atom stereocenters. The van der Waals surface area contributed by atoms with Gasteiger partial charge in [0.05, 0.1) is 0 Å². The first-order valence-corrected chi connectivity index (χ1v) is 7.28. The van der Waals surface area contributed by atoms with Crippen molar-refractivity contribution in [2.75, 3.05) is 24.7 Å². The predicted octanol–water partition coefficient (Wildman–Crippen LogP) is 2.07. The molecule has 0 heterocycles. The summed E-state index contributed by atoms with van der Waals surface area (Å²) in [7, 11) is 0. The van der Waals surface area contributed by atoms with Crippen LogP contribution in [0.1, 0.15) is 12.0 Å². The number of nitrogens with one attached hydrogen (secondary N) is 1. The zero-order valence-corrected chi connectivity index (χ0v) is 11.5. The second-order valence-corrected chi connectivity index (χ2v) is 5.09. The monoisotopic (exact) mass is 283 g/mol. The molecule has 0 saturated heterocycles. The van der Waals surface area contributed by atoms with Gasteiger partial charge in [-0.2, -0.15) is 11.8 Å². The van der Waals surface area contributed by atoms with E-state index in [2.05, 4.69) is 5.32 Å². The fourth-order valence-corrected chi connectivity index (χ4v) is 2.10. The number of carbonyl (C=O) groups is 1. The van der Waals surface area contributed by atoms with Gasteiger partial charge in [0.2, 0.25) is 5.91 Å². The van der Waals surface area contributed by atoms with Gasteiger partial charge >= 0.3 is 0 Å². The summed E-state index contributed by atoms with van der Waals surface area (Å²) in [6, 6.07) is 5.94. The largest absolute Gasteiger partial charge is 0.396 e. The summed E-state index contributed by atoms with van der Waals surface area (Å²) in [5, 5.41) is 11.3. The van der Waals surface area contributed by atoms with E-state index in [0.29, 0.717) is 6.54 Å². The van der Waals surface area contributed by atoms with Crippen molar-refractivity contribution in [3.05, 3.63) is 41.7 Å². The normalized spacial score (nSPS) is 10.8. The summed E-state index contributed by atoms with van der Waals surface area (Å²) < 4.78 is 12.7. The summed E-state index contributed by atoms with van der Waals surface area (Å²) in [5.74, 6) is 1.28. The van der Waals surface area contributed by atoms with E-state index in [1.54, 1.807) is 30.0 Å². The van der Waals surface area contributed by atoms with Crippen molar-refractivity contribution in [3.63, 3.8) is 0 Å². The third-order valence-electron chi connectivity index (χ3n) is 2.29. The number of aliphatic hydroxyl groups excluding tert-OH is 1. The molecule has 1 aromatic rings. The van der Waals surface area contributed by atoms with Gasteiger partial charge in [0, 0.05) is 25.0 Å². The van der Waals surface area contributed by atoms with Crippen molar-refractivity contribution in [1.29, 1.82) is 0 Å². The fraction of sp³-hybridized carbons (Fsp3) is 0.357. The molecule has 0 fully saturated rings. The van der Waals surface area contributed by atoms with Gasteiger partial charge in [-0.05, 0) is 35.9 Å². The second-order valence-electron chi connectivity index (χ2n) is 3.87. The van der Waals surface area contributed by atoms with Crippen LogP contribution in [0.4, 0.5) is 4.39 Å². The van der Waals surface area contributed by atoms with E-state index in [-0.39, 0.29) is 18.3 Å². The van der Waals surface area contributed by atoms with Gasteiger partial charge in [-0.25, -0.2) is 4.39 Å². The summed E-state index contributed by atoms with van der Waals surface area (Å²) in [6.45, 7) is 0.808. The van der Waals surface area contributed by atoms with Crippen molar-refractivity contribution >= 4 is 23.7 Å². The van der Waals surface area contributed by atoms with E-state index in [4.69, 9.17) is 5.11 Å². The molecule has 0 aliphatic carbocycles. The van der Waals surface area contributed by atoms with Gasteiger partial charge in [0.15, 0.2) is 0 Å². The highest BCUT2D eigenvalue weighted by atomic mass is 32.2. The second kappa shape index (κ2) is 9.58. The van der Waals surface area contributed by atoms with Crippen molar-refractivity contribution in [2.24, 2.45) is 0 Å². The number of hydrogen-bond acceptors (Lipinski definition) is 3. The van der Waals surface area contributed by atoms with Gasteiger partial charge in [-0.3, -0.25) is 4.79 Å². The maximum Gasteiger partial charge on any atom is 0.244 e. The molecule has 2 N–H and O–H groups in total.